The molecule has 0 aromatic heterocycles. The molecule has 0 saturated carbocycles. The second-order valence-corrected chi connectivity index (χ2v) is 3.84. The minimum atomic E-state index is -0.202. The summed E-state index contributed by atoms with van der Waals surface area (Å²) in [6.45, 7) is 5.04. The summed E-state index contributed by atoms with van der Waals surface area (Å²) in [6.07, 6.45) is 1.34. The fourth-order valence-electron chi connectivity index (χ4n) is 1.68. The Morgan fingerprint density at radius 2 is 2.06 bits per heavy atom. The number of para-hydroxylation sites is 1. The Hall–Kier alpha value is -1.38. The van der Waals surface area contributed by atoms with E-state index in [0.717, 1.165) is 19.5 Å². The lowest BCUT2D eigenvalue weighted by atomic mass is 10.2. The molecule has 88 valence electrons. The highest BCUT2D eigenvalue weighted by Crippen LogP contribution is 2.18. The number of carbonyl (C=O) groups excluding carboxylic acids is 1. The molecular weight excluding hydrogens is 205 g/mol. The van der Waals surface area contributed by atoms with E-state index in [9.17, 15) is 9.18 Å². The molecule has 2 nitrogen and oxygen atoms in total. The Labute approximate surface area is 96.1 Å². The Bertz CT molecular complexity index is 352. The van der Waals surface area contributed by atoms with Gasteiger partial charge in [-0.25, -0.2) is 4.39 Å². The van der Waals surface area contributed by atoms with E-state index in [4.69, 9.17) is 0 Å². The Balaban J connectivity index is 2.60. The number of carbonyl (C=O) groups is 1. The van der Waals surface area contributed by atoms with Crippen LogP contribution in [0.3, 0.4) is 0 Å². The maximum absolute atomic E-state index is 13.5. The van der Waals surface area contributed by atoms with E-state index in [1.807, 2.05) is 17.9 Å². The maximum Gasteiger partial charge on any atom is 0.146 e. The maximum atomic E-state index is 13.5. The first-order valence-corrected chi connectivity index (χ1v) is 5.64. The molecule has 3 heteroatoms. The fraction of sp³-hybridized carbons (Fsp3) is 0.462. The van der Waals surface area contributed by atoms with Crippen molar-refractivity contribution in [1.82, 2.24) is 0 Å². The van der Waals surface area contributed by atoms with E-state index in [-0.39, 0.29) is 11.6 Å². The van der Waals surface area contributed by atoms with Crippen LogP contribution < -0.4 is 4.90 Å². The van der Waals surface area contributed by atoms with Crippen LogP contribution in [0.15, 0.2) is 24.3 Å². The third kappa shape index (κ3) is 3.65. The molecule has 0 N–H and O–H groups in total. The van der Waals surface area contributed by atoms with Crippen molar-refractivity contribution in [3.63, 3.8) is 0 Å². The number of Topliss-reactive ketones (excluding diaryl/α,β-unsaturated/α-hetero) is 1. The fourth-order valence-corrected chi connectivity index (χ4v) is 1.68. The highest BCUT2D eigenvalue weighted by Gasteiger charge is 2.08. The van der Waals surface area contributed by atoms with Crippen molar-refractivity contribution in [2.45, 2.75) is 26.7 Å². The summed E-state index contributed by atoms with van der Waals surface area (Å²) in [5.41, 5.74) is 0.619. The van der Waals surface area contributed by atoms with Gasteiger partial charge in [0.1, 0.15) is 11.6 Å². The van der Waals surface area contributed by atoms with Crippen LogP contribution in [0.2, 0.25) is 0 Å². The first-order valence-electron chi connectivity index (χ1n) is 5.64. The quantitative estimate of drug-likeness (QED) is 0.738. The molecule has 0 aliphatic rings. The zero-order valence-electron chi connectivity index (χ0n) is 9.87. The molecule has 16 heavy (non-hydrogen) atoms. The van der Waals surface area contributed by atoms with Crippen LogP contribution in [-0.4, -0.2) is 18.9 Å². The minimum absolute atomic E-state index is 0.185. The van der Waals surface area contributed by atoms with Crippen molar-refractivity contribution >= 4 is 11.5 Å². The summed E-state index contributed by atoms with van der Waals surface area (Å²) in [5.74, 6) is -0.0169. The molecule has 0 spiro atoms. The second-order valence-electron chi connectivity index (χ2n) is 3.84. The van der Waals surface area contributed by atoms with Crippen LogP contribution in [0.4, 0.5) is 10.1 Å². The van der Waals surface area contributed by atoms with Gasteiger partial charge in [-0.3, -0.25) is 0 Å². The number of anilines is 1. The van der Waals surface area contributed by atoms with Crippen molar-refractivity contribution in [3.05, 3.63) is 30.1 Å². The lowest BCUT2D eigenvalue weighted by Crippen LogP contribution is -2.25. The highest BCUT2D eigenvalue weighted by molar-refractivity contribution is 5.75. The number of nitrogens with zero attached hydrogens (tertiary/aromatic N) is 1. The number of ketones is 1. The van der Waals surface area contributed by atoms with Crippen molar-refractivity contribution in [2.75, 3.05) is 18.0 Å². The van der Waals surface area contributed by atoms with Crippen molar-refractivity contribution in [2.24, 2.45) is 0 Å². The highest BCUT2D eigenvalue weighted by atomic mass is 19.1. The molecule has 1 rings (SSSR count). The Morgan fingerprint density at radius 1 is 1.38 bits per heavy atom. The normalized spacial score (nSPS) is 10.2. The monoisotopic (exact) mass is 223 g/mol. The second kappa shape index (κ2) is 6.26. The average molecular weight is 223 g/mol. The summed E-state index contributed by atoms with van der Waals surface area (Å²) in [6, 6.07) is 6.74. The van der Waals surface area contributed by atoms with Crippen molar-refractivity contribution in [1.29, 1.82) is 0 Å². The third-order valence-electron chi connectivity index (χ3n) is 2.53. The van der Waals surface area contributed by atoms with Crippen molar-refractivity contribution in [3.8, 4) is 0 Å². The summed E-state index contributed by atoms with van der Waals surface area (Å²) in [5, 5.41) is 0. The van der Waals surface area contributed by atoms with Gasteiger partial charge in [-0.05, 0) is 32.4 Å². The topological polar surface area (TPSA) is 20.3 Å². The smallest absolute Gasteiger partial charge is 0.146 e. The van der Waals surface area contributed by atoms with Gasteiger partial charge in [-0.1, -0.05) is 12.1 Å². The van der Waals surface area contributed by atoms with Gasteiger partial charge in [-0.2, -0.15) is 0 Å². The zero-order valence-corrected chi connectivity index (χ0v) is 9.87. The number of hydrogen-bond donors (Lipinski definition) is 0. The predicted octanol–water partition coefficient (Wildman–Crippen LogP) is 3.02. The van der Waals surface area contributed by atoms with Crippen LogP contribution in [0.1, 0.15) is 26.7 Å². The van der Waals surface area contributed by atoms with Gasteiger partial charge in [0.05, 0.1) is 5.69 Å². The van der Waals surface area contributed by atoms with Gasteiger partial charge in [0.25, 0.3) is 0 Å². The molecule has 0 atom stereocenters. The summed E-state index contributed by atoms with van der Waals surface area (Å²) in [4.78, 5) is 12.8. The molecule has 0 radical (unpaired) electrons. The molecule has 0 heterocycles. The molecule has 0 saturated heterocycles. The first kappa shape index (κ1) is 12.7. The van der Waals surface area contributed by atoms with Crippen LogP contribution in [0.5, 0.6) is 0 Å². The van der Waals surface area contributed by atoms with Gasteiger partial charge in [0.15, 0.2) is 0 Å². The molecule has 0 amide bonds. The number of rotatable bonds is 6. The van der Waals surface area contributed by atoms with Crippen LogP contribution >= 0.6 is 0 Å². The molecular formula is C13H18FNO. The van der Waals surface area contributed by atoms with E-state index < -0.39 is 0 Å². The SMILES string of the molecule is CCN(CCCC(C)=O)c1ccccc1F. The molecule has 0 aliphatic carbocycles. The van der Waals surface area contributed by atoms with E-state index in [1.165, 1.54) is 6.07 Å². The van der Waals surface area contributed by atoms with E-state index in [2.05, 4.69) is 0 Å². The lowest BCUT2D eigenvalue weighted by Gasteiger charge is -2.23. The van der Waals surface area contributed by atoms with Gasteiger partial charge < -0.3 is 9.69 Å². The Kier molecular flexibility index (Phi) is 4.96. The molecule has 1 aromatic carbocycles. The lowest BCUT2D eigenvalue weighted by molar-refractivity contribution is -0.117. The number of benzene rings is 1. The molecule has 0 fully saturated rings. The standard InChI is InChI=1S/C13H18FNO/c1-3-15(10-6-7-11(2)16)13-9-5-4-8-12(13)14/h4-5,8-9H,3,6-7,10H2,1-2H3. The van der Waals surface area contributed by atoms with Crippen molar-refractivity contribution < 1.29 is 9.18 Å². The molecule has 1 aromatic rings. The zero-order chi connectivity index (χ0) is 12.0. The predicted molar refractivity (Wildman–Crippen MR) is 64.2 cm³/mol. The van der Waals surface area contributed by atoms with Gasteiger partial charge in [0.2, 0.25) is 0 Å². The largest absolute Gasteiger partial charge is 0.369 e. The van der Waals surface area contributed by atoms with E-state index in [1.54, 1.807) is 19.1 Å². The first-order chi connectivity index (χ1) is 7.65. The Morgan fingerprint density at radius 3 is 2.62 bits per heavy atom. The molecule has 0 aliphatic heterocycles. The van der Waals surface area contributed by atoms with Gasteiger partial charge in [0, 0.05) is 19.5 Å². The van der Waals surface area contributed by atoms with Crippen LogP contribution in [0, 0.1) is 5.82 Å². The minimum Gasteiger partial charge on any atom is -0.369 e. The molecule has 0 bridgehead atoms. The summed E-state index contributed by atoms with van der Waals surface area (Å²) in [7, 11) is 0. The average Bonchev–Trinajstić information content (AvgIpc) is 2.25. The number of hydrogen-bond acceptors (Lipinski definition) is 2. The van der Waals surface area contributed by atoms with Gasteiger partial charge >= 0.3 is 0 Å². The van der Waals surface area contributed by atoms with E-state index in [0.29, 0.717) is 12.1 Å². The molecule has 0 unspecified atom stereocenters. The van der Waals surface area contributed by atoms with Gasteiger partial charge in [-0.15, -0.1) is 0 Å². The third-order valence-corrected chi connectivity index (χ3v) is 2.53. The van der Waals surface area contributed by atoms with Crippen LogP contribution in [-0.2, 0) is 4.79 Å². The number of halogens is 1. The summed E-state index contributed by atoms with van der Waals surface area (Å²) >= 11 is 0. The summed E-state index contributed by atoms with van der Waals surface area (Å²) < 4.78 is 13.5. The van der Waals surface area contributed by atoms with Crippen LogP contribution in [0.25, 0.3) is 0 Å². The van der Waals surface area contributed by atoms with E-state index >= 15 is 0 Å².